The van der Waals surface area contributed by atoms with Crippen LogP contribution < -0.4 is 9.47 Å². The number of hydrogen-bond donors (Lipinski definition) is 0. The van der Waals surface area contributed by atoms with Gasteiger partial charge in [0.15, 0.2) is 0 Å². The molecule has 0 saturated carbocycles. The van der Waals surface area contributed by atoms with Gasteiger partial charge in [0.2, 0.25) is 5.52 Å². The molecule has 0 spiro atoms. The van der Waals surface area contributed by atoms with E-state index in [1.165, 1.54) is 14.2 Å². The Morgan fingerprint density at radius 2 is 1.71 bits per heavy atom. The van der Waals surface area contributed by atoms with Gasteiger partial charge in [0.05, 0.1) is 14.2 Å². The smallest absolute Gasteiger partial charge is 0.223 e. The van der Waals surface area contributed by atoms with E-state index in [1.54, 1.807) is 18.2 Å². The van der Waals surface area contributed by atoms with Gasteiger partial charge in [-0.3, -0.25) is 4.79 Å². The molecule has 14 heavy (non-hydrogen) atoms. The molecule has 0 saturated heterocycles. The summed E-state index contributed by atoms with van der Waals surface area (Å²) in [7, 11) is 1.39. The fourth-order valence-corrected chi connectivity index (χ4v) is 1.56. The van der Waals surface area contributed by atoms with E-state index in [1.807, 2.05) is 0 Å². The zero-order chi connectivity index (χ0) is 10.6. The van der Waals surface area contributed by atoms with Crippen LogP contribution in [-0.4, -0.2) is 19.7 Å². The Kier molecular flexibility index (Phi) is 3.72. The lowest BCUT2D eigenvalue weighted by Crippen LogP contribution is -1.99. The van der Waals surface area contributed by atoms with Crippen molar-refractivity contribution in [3.63, 3.8) is 0 Å². The Balaban J connectivity index is 3.32. The maximum atomic E-state index is 11.3. The predicted molar refractivity (Wildman–Crippen MR) is 54.3 cm³/mol. The molecule has 1 atom stereocenters. The maximum Gasteiger partial charge on any atom is 0.223 e. The van der Waals surface area contributed by atoms with Crippen LogP contribution in [0, 0.1) is 0 Å². The third kappa shape index (κ3) is 1.96. The molecule has 1 aromatic rings. The van der Waals surface area contributed by atoms with Gasteiger partial charge in [-0.05, 0) is 12.1 Å². The van der Waals surface area contributed by atoms with Crippen LogP contribution in [0.5, 0.6) is 11.5 Å². The Morgan fingerprint density at radius 3 is 2.07 bits per heavy atom. The summed E-state index contributed by atoms with van der Waals surface area (Å²) in [5.41, 5.74) is -0.193. The van der Waals surface area contributed by atoms with E-state index in [0.29, 0.717) is 11.5 Å². The summed E-state index contributed by atoms with van der Waals surface area (Å²) in [6.07, 6.45) is 0. The predicted octanol–water partition coefficient (Wildman–Crippen LogP) is 1.60. The molecule has 4 nitrogen and oxygen atoms in total. The lowest BCUT2D eigenvalue weighted by atomic mass is 10.2. The van der Waals surface area contributed by atoms with Gasteiger partial charge in [-0.1, -0.05) is 6.07 Å². The molecule has 0 fully saturated rings. The molecule has 1 unspecified atom stereocenters. The van der Waals surface area contributed by atoms with Crippen molar-refractivity contribution in [1.82, 2.24) is 0 Å². The fraction of sp³-hybridized carbons (Fsp3) is 0.222. The first-order valence-electron chi connectivity index (χ1n) is 3.95. The maximum absolute atomic E-state index is 11.3. The van der Waals surface area contributed by atoms with Crippen molar-refractivity contribution >= 4 is 14.0 Å². The molecular formula is C9H11O4P. The summed E-state index contributed by atoms with van der Waals surface area (Å²) in [5, 5.41) is 0. The number of methoxy groups -OCH3 is 2. The molecule has 5 heteroatoms. The average molecular weight is 214 g/mol. The topological polar surface area (TPSA) is 52.6 Å². The van der Waals surface area contributed by atoms with Crippen LogP contribution in [0.1, 0.15) is 10.4 Å². The third-order valence-corrected chi connectivity index (χ3v) is 2.28. The number of benzene rings is 1. The highest BCUT2D eigenvalue weighted by Crippen LogP contribution is 2.31. The van der Waals surface area contributed by atoms with Gasteiger partial charge < -0.3 is 14.0 Å². The van der Waals surface area contributed by atoms with E-state index in [9.17, 15) is 9.36 Å². The van der Waals surface area contributed by atoms with Crippen LogP contribution in [0.25, 0.3) is 0 Å². The van der Waals surface area contributed by atoms with E-state index in [-0.39, 0.29) is 5.56 Å². The summed E-state index contributed by atoms with van der Waals surface area (Å²) in [6, 6.07) is 4.96. The van der Waals surface area contributed by atoms with Crippen LogP contribution in [0.3, 0.4) is 0 Å². The van der Waals surface area contributed by atoms with Crippen molar-refractivity contribution in [3.8, 4) is 11.5 Å². The van der Waals surface area contributed by atoms with Crippen molar-refractivity contribution < 1.29 is 18.8 Å². The third-order valence-electron chi connectivity index (χ3n) is 1.78. The largest absolute Gasteiger partial charge is 0.496 e. The zero-order valence-electron chi connectivity index (χ0n) is 7.94. The number of hydrogen-bond acceptors (Lipinski definition) is 4. The molecule has 1 rings (SSSR count). The van der Waals surface area contributed by atoms with Crippen LogP contribution in [0.2, 0.25) is 0 Å². The van der Waals surface area contributed by atoms with E-state index < -0.39 is 14.0 Å². The molecule has 0 aromatic heterocycles. The lowest BCUT2D eigenvalue weighted by molar-refractivity contribution is 0.107. The minimum Gasteiger partial charge on any atom is -0.496 e. The molecule has 1 aromatic carbocycles. The highest BCUT2D eigenvalue weighted by atomic mass is 31.1. The summed E-state index contributed by atoms with van der Waals surface area (Å²) in [5.74, 6) is 0.774. The van der Waals surface area contributed by atoms with Crippen molar-refractivity contribution in [2.24, 2.45) is 0 Å². The normalized spacial score (nSPS) is 10.4. The fourth-order valence-electron chi connectivity index (χ4n) is 1.15. The first-order valence-corrected chi connectivity index (χ1v) is 5.00. The monoisotopic (exact) mass is 214 g/mol. The number of carbonyl (C=O) groups is 1. The minimum absolute atomic E-state index is 0.252. The van der Waals surface area contributed by atoms with Crippen molar-refractivity contribution in [2.45, 2.75) is 0 Å². The van der Waals surface area contributed by atoms with Crippen molar-refractivity contribution in [1.29, 1.82) is 0 Å². The highest BCUT2D eigenvalue weighted by Gasteiger charge is 2.16. The Morgan fingerprint density at radius 1 is 1.21 bits per heavy atom. The molecule has 0 heterocycles. The van der Waals surface area contributed by atoms with Gasteiger partial charge in [0, 0.05) is 0 Å². The molecule has 0 bridgehead atoms. The second-order valence-corrected chi connectivity index (χ2v) is 3.28. The van der Waals surface area contributed by atoms with Gasteiger partial charge in [-0.15, -0.1) is 0 Å². The number of ether oxygens (including phenoxy) is 2. The molecule has 0 aliphatic heterocycles. The Hall–Kier alpha value is -1.28. The van der Waals surface area contributed by atoms with Crippen LogP contribution in [-0.2, 0) is 4.57 Å². The standard InChI is InChI=1S/C9H11O4P/c1-12-6-4-3-5-7(13-2)8(6)9(10)14-11/h3-5H,14H2,1-2H3. The summed E-state index contributed by atoms with van der Waals surface area (Å²) in [6.45, 7) is 0. The second-order valence-electron chi connectivity index (χ2n) is 2.52. The van der Waals surface area contributed by atoms with Gasteiger partial charge in [-0.2, -0.15) is 0 Å². The molecule has 0 aliphatic carbocycles. The van der Waals surface area contributed by atoms with E-state index in [2.05, 4.69) is 0 Å². The average Bonchev–Trinajstić information content (AvgIpc) is 2.26. The van der Waals surface area contributed by atoms with Crippen LogP contribution in [0.15, 0.2) is 18.2 Å². The zero-order valence-corrected chi connectivity index (χ0v) is 9.10. The molecule has 0 radical (unpaired) electrons. The quantitative estimate of drug-likeness (QED) is 0.714. The summed E-state index contributed by atoms with van der Waals surface area (Å²) < 4.78 is 20.6. The van der Waals surface area contributed by atoms with E-state index in [0.717, 1.165) is 0 Å². The molecular weight excluding hydrogens is 203 g/mol. The van der Waals surface area contributed by atoms with Crippen molar-refractivity contribution in [3.05, 3.63) is 23.8 Å². The van der Waals surface area contributed by atoms with Gasteiger partial charge in [0.25, 0.3) is 0 Å². The molecule has 0 aliphatic rings. The van der Waals surface area contributed by atoms with Crippen LogP contribution in [0.4, 0.5) is 0 Å². The first kappa shape index (κ1) is 10.8. The van der Waals surface area contributed by atoms with Gasteiger partial charge in [0.1, 0.15) is 25.5 Å². The Bertz CT molecular complexity index is 340. The van der Waals surface area contributed by atoms with E-state index in [4.69, 9.17) is 9.47 Å². The van der Waals surface area contributed by atoms with Crippen LogP contribution >= 0.6 is 8.46 Å². The van der Waals surface area contributed by atoms with Gasteiger partial charge >= 0.3 is 0 Å². The molecule has 0 N–H and O–H groups in total. The number of rotatable bonds is 4. The second kappa shape index (κ2) is 4.82. The van der Waals surface area contributed by atoms with Gasteiger partial charge in [-0.25, -0.2) is 0 Å². The number of carbonyl (C=O) groups excluding carboxylic acids is 1. The summed E-state index contributed by atoms with van der Waals surface area (Å²) >= 11 is 0. The summed E-state index contributed by atoms with van der Waals surface area (Å²) in [4.78, 5) is 11.3. The minimum atomic E-state index is -1.51. The molecule has 0 amide bonds. The molecule has 76 valence electrons. The van der Waals surface area contributed by atoms with E-state index >= 15 is 0 Å². The lowest BCUT2D eigenvalue weighted by Gasteiger charge is -2.09. The highest BCUT2D eigenvalue weighted by molar-refractivity contribution is 7.47. The SMILES string of the molecule is COc1cccc(OC)c1C(=O)[PH2]=O. The van der Waals surface area contributed by atoms with Crippen molar-refractivity contribution in [2.75, 3.05) is 14.2 Å². The first-order chi connectivity index (χ1) is 6.74. The Labute approximate surface area is 83.0 Å².